The van der Waals surface area contributed by atoms with Crippen LogP contribution < -0.4 is 9.47 Å². The lowest BCUT2D eigenvalue weighted by atomic mass is 9.66. The third-order valence-electron chi connectivity index (χ3n) is 7.63. The van der Waals surface area contributed by atoms with Gasteiger partial charge in [-0.15, -0.1) is 0 Å². The molecular weight excluding hydrogens is 426 g/mol. The van der Waals surface area contributed by atoms with Gasteiger partial charge >= 0.3 is 0 Å². The van der Waals surface area contributed by atoms with Crippen LogP contribution in [0.3, 0.4) is 0 Å². The SMILES string of the molecule is COc1ccc(OC)c([C@H]2[C@@H]3CCCC[C@]3(O)CCN2C(=O)/C=C/c2ccc(C(C)C)cc2)c1. The number of benzene rings is 2. The highest BCUT2D eigenvalue weighted by molar-refractivity contribution is 5.92. The Labute approximate surface area is 203 Å². The van der Waals surface area contributed by atoms with Crippen LogP contribution in [-0.2, 0) is 4.79 Å². The Bertz CT molecular complexity index is 1030. The number of rotatable bonds is 6. The van der Waals surface area contributed by atoms with Crippen LogP contribution in [0.5, 0.6) is 11.5 Å². The summed E-state index contributed by atoms with van der Waals surface area (Å²) >= 11 is 0. The number of carbonyl (C=O) groups excluding carboxylic acids is 1. The maximum Gasteiger partial charge on any atom is 0.247 e. The van der Waals surface area contributed by atoms with Crippen molar-refractivity contribution >= 4 is 12.0 Å². The average Bonchev–Trinajstić information content (AvgIpc) is 2.86. The van der Waals surface area contributed by atoms with Gasteiger partial charge in [0.1, 0.15) is 11.5 Å². The molecule has 34 heavy (non-hydrogen) atoms. The number of hydrogen-bond donors (Lipinski definition) is 1. The first-order chi connectivity index (χ1) is 16.4. The molecule has 0 spiro atoms. The molecule has 1 saturated carbocycles. The molecule has 0 bridgehead atoms. The summed E-state index contributed by atoms with van der Waals surface area (Å²) in [4.78, 5) is 15.5. The molecule has 0 unspecified atom stereocenters. The van der Waals surface area contributed by atoms with E-state index in [0.29, 0.717) is 30.4 Å². The molecule has 1 amide bonds. The molecule has 2 fully saturated rings. The zero-order chi connectivity index (χ0) is 24.3. The van der Waals surface area contributed by atoms with Gasteiger partial charge in [0.2, 0.25) is 5.91 Å². The number of nitrogens with zero attached hydrogens (tertiary/aromatic N) is 1. The second kappa shape index (κ2) is 10.2. The van der Waals surface area contributed by atoms with Crippen molar-refractivity contribution in [1.82, 2.24) is 4.90 Å². The van der Waals surface area contributed by atoms with Crippen molar-refractivity contribution in [1.29, 1.82) is 0 Å². The molecule has 1 N–H and O–H groups in total. The Morgan fingerprint density at radius 1 is 1.09 bits per heavy atom. The predicted octanol–water partition coefficient (Wildman–Crippen LogP) is 5.74. The van der Waals surface area contributed by atoms with E-state index in [1.54, 1.807) is 20.3 Å². The molecule has 2 aromatic carbocycles. The number of aliphatic hydroxyl groups is 1. The van der Waals surface area contributed by atoms with Crippen LogP contribution in [0.15, 0.2) is 48.5 Å². The smallest absolute Gasteiger partial charge is 0.247 e. The van der Waals surface area contributed by atoms with Gasteiger partial charge in [0.15, 0.2) is 0 Å². The second-order valence-corrected chi connectivity index (χ2v) is 9.94. The monoisotopic (exact) mass is 463 g/mol. The molecule has 2 aliphatic rings. The van der Waals surface area contributed by atoms with Crippen molar-refractivity contribution in [3.05, 3.63) is 65.2 Å². The molecule has 4 rings (SSSR count). The lowest BCUT2D eigenvalue weighted by Gasteiger charge is -2.52. The molecule has 0 aromatic heterocycles. The van der Waals surface area contributed by atoms with Gasteiger partial charge in [-0.1, -0.05) is 51.0 Å². The summed E-state index contributed by atoms with van der Waals surface area (Å²) in [5, 5.41) is 11.6. The number of methoxy groups -OCH3 is 2. The number of ether oxygens (including phenoxy) is 2. The fourth-order valence-electron chi connectivity index (χ4n) is 5.64. The van der Waals surface area contributed by atoms with Crippen LogP contribution >= 0.6 is 0 Å². The van der Waals surface area contributed by atoms with Crippen LogP contribution in [-0.4, -0.2) is 42.3 Å². The van der Waals surface area contributed by atoms with E-state index in [9.17, 15) is 9.90 Å². The van der Waals surface area contributed by atoms with E-state index in [-0.39, 0.29) is 17.9 Å². The van der Waals surface area contributed by atoms with Gasteiger partial charge in [-0.05, 0) is 60.6 Å². The summed E-state index contributed by atoms with van der Waals surface area (Å²) < 4.78 is 11.2. The normalized spacial score (nSPS) is 24.8. The van der Waals surface area contributed by atoms with Gasteiger partial charge in [-0.3, -0.25) is 4.79 Å². The number of amides is 1. The Morgan fingerprint density at radius 2 is 1.85 bits per heavy atom. The van der Waals surface area contributed by atoms with Gasteiger partial charge in [0.05, 0.1) is 25.9 Å². The highest BCUT2D eigenvalue weighted by Crippen LogP contribution is 2.51. The Kier molecular flexibility index (Phi) is 7.32. The Morgan fingerprint density at radius 3 is 2.53 bits per heavy atom. The standard InChI is InChI=1S/C29H37NO4/c1-20(2)22-11-8-21(9-12-22)10-15-27(31)30-18-17-29(32)16-6-5-7-25(29)28(30)24-19-23(33-3)13-14-26(24)34-4/h8-15,19-20,25,28,32H,5-7,16-18H2,1-4H3/b15-10+/t25-,28-,29-/m0/s1. The van der Waals surface area contributed by atoms with E-state index >= 15 is 0 Å². The third kappa shape index (κ3) is 4.85. The van der Waals surface area contributed by atoms with Crippen molar-refractivity contribution in [2.24, 2.45) is 5.92 Å². The summed E-state index contributed by atoms with van der Waals surface area (Å²) in [7, 11) is 3.29. The molecule has 5 heteroatoms. The number of fused-ring (bicyclic) bond motifs is 1. The molecule has 182 valence electrons. The molecule has 0 radical (unpaired) electrons. The molecule has 5 nitrogen and oxygen atoms in total. The van der Waals surface area contributed by atoms with E-state index in [2.05, 4.69) is 38.1 Å². The van der Waals surface area contributed by atoms with Gasteiger partial charge in [0, 0.05) is 24.1 Å². The molecule has 1 aliphatic heterocycles. The summed E-state index contributed by atoms with van der Waals surface area (Å²) in [6.07, 6.45) is 7.88. The van der Waals surface area contributed by atoms with Crippen LogP contribution in [0.1, 0.15) is 74.6 Å². The van der Waals surface area contributed by atoms with E-state index in [1.165, 1.54) is 5.56 Å². The first-order valence-electron chi connectivity index (χ1n) is 12.4. The minimum absolute atomic E-state index is 0.0429. The molecule has 1 heterocycles. The van der Waals surface area contributed by atoms with Crippen molar-refractivity contribution in [3.63, 3.8) is 0 Å². The zero-order valence-electron chi connectivity index (χ0n) is 20.8. The minimum atomic E-state index is -0.760. The summed E-state index contributed by atoms with van der Waals surface area (Å²) in [6, 6.07) is 13.8. The van der Waals surface area contributed by atoms with E-state index in [1.807, 2.05) is 29.2 Å². The fraction of sp³-hybridized carbons (Fsp3) is 0.483. The van der Waals surface area contributed by atoms with Gasteiger partial charge in [-0.2, -0.15) is 0 Å². The number of likely N-dealkylation sites (tertiary alicyclic amines) is 1. The highest BCUT2D eigenvalue weighted by atomic mass is 16.5. The maximum atomic E-state index is 13.5. The third-order valence-corrected chi connectivity index (χ3v) is 7.63. The Balaban J connectivity index is 1.68. The maximum absolute atomic E-state index is 13.5. The topological polar surface area (TPSA) is 59.0 Å². The van der Waals surface area contributed by atoms with Crippen LogP contribution in [0.4, 0.5) is 0 Å². The van der Waals surface area contributed by atoms with Crippen LogP contribution in [0.2, 0.25) is 0 Å². The van der Waals surface area contributed by atoms with Gasteiger partial charge < -0.3 is 19.5 Å². The van der Waals surface area contributed by atoms with Crippen molar-refractivity contribution in [2.45, 2.75) is 63.5 Å². The lowest BCUT2D eigenvalue weighted by molar-refractivity contribution is -0.151. The van der Waals surface area contributed by atoms with E-state index in [4.69, 9.17) is 9.47 Å². The minimum Gasteiger partial charge on any atom is -0.497 e. The van der Waals surface area contributed by atoms with Crippen LogP contribution in [0, 0.1) is 5.92 Å². The fourth-order valence-corrected chi connectivity index (χ4v) is 5.64. The quantitative estimate of drug-likeness (QED) is 0.556. The van der Waals surface area contributed by atoms with Crippen molar-refractivity contribution in [2.75, 3.05) is 20.8 Å². The number of hydrogen-bond acceptors (Lipinski definition) is 4. The van der Waals surface area contributed by atoms with Gasteiger partial charge in [0.25, 0.3) is 0 Å². The Hall–Kier alpha value is -2.79. The first-order valence-corrected chi connectivity index (χ1v) is 12.4. The highest BCUT2D eigenvalue weighted by Gasteiger charge is 2.50. The average molecular weight is 464 g/mol. The zero-order valence-corrected chi connectivity index (χ0v) is 20.8. The lowest BCUT2D eigenvalue weighted by Crippen LogP contribution is -2.56. The summed E-state index contributed by atoms with van der Waals surface area (Å²) in [5.41, 5.74) is 2.42. The van der Waals surface area contributed by atoms with Crippen LogP contribution in [0.25, 0.3) is 6.08 Å². The van der Waals surface area contributed by atoms with Crippen molar-refractivity contribution < 1.29 is 19.4 Å². The second-order valence-electron chi connectivity index (χ2n) is 9.94. The predicted molar refractivity (Wildman–Crippen MR) is 135 cm³/mol. The summed E-state index contributed by atoms with van der Waals surface area (Å²) in [6.45, 7) is 4.85. The molecule has 1 saturated heterocycles. The first kappa shape index (κ1) is 24.3. The van der Waals surface area contributed by atoms with Crippen molar-refractivity contribution in [3.8, 4) is 11.5 Å². The summed E-state index contributed by atoms with van der Waals surface area (Å²) in [5.74, 6) is 1.82. The molecule has 3 atom stereocenters. The van der Waals surface area contributed by atoms with E-state index in [0.717, 1.165) is 36.8 Å². The largest absolute Gasteiger partial charge is 0.497 e. The molecular formula is C29H37NO4. The molecule has 1 aliphatic carbocycles. The number of carbonyl (C=O) groups is 1. The number of piperidine rings is 1. The van der Waals surface area contributed by atoms with E-state index < -0.39 is 5.60 Å². The van der Waals surface area contributed by atoms with Gasteiger partial charge in [-0.25, -0.2) is 0 Å². The molecule has 2 aromatic rings.